The van der Waals surface area contributed by atoms with Gasteiger partial charge in [0.05, 0.1) is 11.0 Å². The zero-order valence-electron chi connectivity index (χ0n) is 16.3. The van der Waals surface area contributed by atoms with Crippen molar-refractivity contribution >= 4 is 33.9 Å². The minimum Gasteiger partial charge on any atom is -0.488 e. The summed E-state index contributed by atoms with van der Waals surface area (Å²) >= 11 is 3.48. The van der Waals surface area contributed by atoms with E-state index in [-0.39, 0.29) is 17.8 Å². The first-order valence-electron chi connectivity index (χ1n) is 9.55. The number of hydrogen-bond donors (Lipinski definition) is 1. The Morgan fingerprint density at radius 1 is 1.00 bits per heavy atom. The first-order chi connectivity index (χ1) is 15.0. The maximum absolute atomic E-state index is 13.9. The molecule has 1 fully saturated rings. The Morgan fingerprint density at radius 2 is 1.74 bits per heavy atom. The van der Waals surface area contributed by atoms with Crippen LogP contribution in [0, 0.1) is 5.82 Å². The van der Waals surface area contributed by atoms with E-state index in [0.717, 1.165) is 14.9 Å². The van der Waals surface area contributed by atoms with E-state index in [9.17, 15) is 14.0 Å². The van der Waals surface area contributed by atoms with Crippen molar-refractivity contribution in [2.24, 2.45) is 0 Å². The van der Waals surface area contributed by atoms with Crippen molar-refractivity contribution in [3.05, 3.63) is 105 Å². The Labute approximate surface area is 187 Å². The second kappa shape index (κ2) is 9.14. The van der Waals surface area contributed by atoms with Gasteiger partial charge in [-0.25, -0.2) is 9.18 Å². The molecule has 5 nitrogen and oxygen atoms in total. The Morgan fingerprint density at radius 3 is 2.48 bits per heavy atom. The summed E-state index contributed by atoms with van der Waals surface area (Å²) in [7, 11) is 0. The third kappa shape index (κ3) is 4.83. The van der Waals surface area contributed by atoms with Crippen LogP contribution in [0.5, 0.6) is 5.75 Å². The summed E-state index contributed by atoms with van der Waals surface area (Å²) in [6.45, 7) is 0.296. The molecule has 3 aromatic carbocycles. The molecule has 31 heavy (non-hydrogen) atoms. The number of hydrogen-bond acceptors (Lipinski definition) is 3. The molecule has 0 atom stereocenters. The lowest BCUT2D eigenvalue weighted by atomic mass is 10.1. The van der Waals surface area contributed by atoms with Crippen molar-refractivity contribution in [2.45, 2.75) is 13.2 Å². The van der Waals surface area contributed by atoms with E-state index >= 15 is 0 Å². The van der Waals surface area contributed by atoms with Gasteiger partial charge in [-0.1, -0.05) is 54.6 Å². The number of amides is 3. The normalized spacial score (nSPS) is 14.8. The van der Waals surface area contributed by atoms with Gasteiger partial charge in [-0.2, -0.15) is 0 Å². The van der Waals surface area contributed by atoms with Crippen LogP contribution in [0.15, 0.2) is 83.0 Å². The zero-order valence-corrected chi connectivity index (χ0v) is 17.9. The van der Waals surface area contributed by atoms with Crippen LogP contribution in [0.25, 0.3) is 6.08 Å². The van der Waals surface area contributed by atoms with E-state index in [2.05, 4.69) is 21.2 Å². The van der Waals surface area contributed by atoms with Gasteiger partial charge in [0, 0.05) is 5.56 Å². The fourth-order valence-electron chi connectivity index (χ4n) is 3.14. The van der Waals surface area contributed by atoms with Crippen molar-refractivity contribution in [2.75, 3.05) is 0 Å². The van der Waals surface area contributed by atoms with Gasteiger partial charge in [0.25, 0.3) is 5.91 Å². The van der Waals surface area contributed by atoms with Gasteiger partial charge < -0.3 is 10.1 Å². The molecule has 4 rings (SSSR count). The van der Waals surface area contributed by atoms with E-state index in [1.807, 2.05) is 30.3 Å². The van der Waals surface area contributed by atoms with Crippen LogP contribution in [0.3, 0.4) is 0 Å². The number of urea groups is 1. The molecule has 7 heteroatoms. The fourth-order valence-corrected chi connectivity index (χ4v) is 3.65. The number of rotatable bonds is 6. The average Bonchev–Trinajstić information content (AvgIpc) is 3.03. The number of carbonyl (C=O) groups is 2. The predicted octanol–water partition coefficient (Wildman–Crippen LogP) is 5.26. The molecule has 156 valence electrons. The zero-order chi connectivity index (χ0) is 21.8. The summed E-state index contributed by atoms with van der Waals surface area (Å²) in [6.07, 6.45) is 1.58. The first kappa shape index (κ1) is 20.8. The van der Waals surface area contributed by atoms with Gasteiger partial charge >= 0.3 is 6.03 Å². The summed E-state index contributed by atoms with van der Waals surface area (Å²) in [5.41, 5.74) is 2.16. The third-order valence-corrected chi connectivity index (χ3v) is 5.37. The monoisotopic (exact) mass is 480 g/mol. The Kier molecular flexibility index (Phi) is 6.13. The summed E-state index contributed by atoms with van der Waals surface area (Å²) in [6, 6.07) is 20.7. The van der Waals surface area contributed by atoms with Gasteiger partial charge in [0.1, 0.15) is 23.9 Å². The topological polar surface area (TPSA) is 58.6 Å². The number of benzene rings is 3. The van der Waals surface area contributed by atoms with Crippen LogP contribution in [0.2, 0.25) is 0 Å². The molecule has 0 aliphatic carbocycles. The van der Waals surface area contributed by atoms with Crippen molar-refractivity contribution in [1.29, 1.82) is 0 Å². The quantitative estimate of drug-likeness (QED) is 0.386. The summed E-state index contributed by atoms with van der Waals surface area (Å²) in [5.74, 6) is -0.307. The van der Waals surface area contributed by atoms with Gasteiger partial charge in [-0.3, -0.25) is 9.69 Å². The van der Waals surface area contributed by atoms with Crippen LogP contribution in [-0.2, 0) is 17.9 Å². The third-order valence-electron chi connectivity index (χ3n) is 4.75. The lowest BCUT2D eigenvalue weighted by molar-refractivity contribution is -0.123. The van der Waals surface area contributed by atoms with Crippen molar-refractivity contribution in [1.82, 2.24) is 10.2 Å². The van der Waals surface area contributed by atoms with E-state index in [4.69, 9.17) is 4.74 Å². The molecule has 0 unspecified atom stereocenters. The summed E-state index contributed by atoms with van der Waals surface area (Å²) < 4.78 is 20.4. The maximum atomic E-state index is 13.9. The molecule has 1 N–H and O–H groups in total. The SMILES string of the molecule is O=C1N/C(=C/c2ccc(OCc3ccccc3)c(Br)c2)C(=O)N1Cc1ccccc1F. The van der Waals surface area contributed by atoms with Gasteiger partial charge in [0.15, 0.2) is 0 Å². The van der Waals surface area contributed by atoms with E-state index in [0.29, 0.717) is 17.9 Å². The highest BCUT2D eigenvalue weighted by molar-refractivity contribution is 9.10. The van der Waals surface area contributed by atoms with E-state index < -0.39 is 17.8 Å². The molecule has 1 aliphatic rings. The maximum Gasteiger partial charge on any atom is 0.329 e. The highest BCUT2D eigenvalue weighted by Crippen LogP contribution is 2.28. The molecule has 1 aliphatic heterocycles. The molecule has 1 saturated heterocycles. The Balaban J connectivity index is 1.47. The molecule has 3 aromatic rings. The summed E-state index contributed by atoms with van der Waals surface area (Å²) in [4.78, 5) is 25.9. The molecule has 1 heterocycles. The Bertz CT molecular complexity index is 1160. The van der Waals surface area contributed by atoms with Crippen LogP contribution in [0.4, 0.5) is 9.18 Å². The lowest BCUT2D eigenvalue weighted by Crippen LogP contribution is -2.30. The standard InChI is InChI=1S/C24H18BrFN2O3/c25-19-12-17(10-11-22(19)31-15-16-6-2-1-3-7-16)13-21-23(29)28(24(30)27-21)14-18-8-4-5-9-20(18)26/h1-13H,14-15H2,(H,27,30)/b21-13+. The van der Waals surface area contributed by atoms with Crippen LogP contribution in [0.1, 0.15) is 16.7 Å². The molecule has 0 aromatic heterocycles. The van der Waals surface area contributed by atoms with Crippen LogP contribution >= 0.6 is 15.9 Å². The van der Waals surface area contributed by atoms with Gasteiger partial charge in [0.2, 0.25) is 0 Å². The minimum atomic E-state index is -0.582. The van der Waals surface area contributed by atoms with Crippen LogP contribution in [-0.4, -0.2) is 16.8 Å². The predicted molar refractivity (Wildman–Crippen MR) is 118 cm³/mol. The second-order valence-electron chi connectivity index (χ2n) is 6.94. The minimum absolute atomic E-state index is 0.131. The molecule has 3 amide bonds. The lowest BCUT2D eigenvalue weighted by Gasteiger charge is -2.12. The van der Waals surface area contributed by atoms with Crippen LogP contribution < -0.4 is 10.1 Å². The van der Waals surface area contributed by atoms with Crippen molar-refractivity contribution < 1.29 is 18.7 Å². The molecule has 0 radical (unpaired) electrons. The average molecular weight is 481 g/mol. The second-order valence-corrected chi connectivity index (χ2v) is 7.79. The molecule has 0 spiro atoms. The highest BCUT2D eigenvalue weighted by Gasteiger charge is 2.34. The molecule has 0 bridgehead atoms. The largest absolute Gasteiger partial charge is 0.488 e. The number of nitrogens with one attached hydrogen (secondary N) is 1. The van der Waals surface area contributed by atoms with Gasteiger partial charge in [-0.05, 0) is 51.3 Å². The van der Waals surface area contributed by atoms with Crippen molar-refractivity contribution in [3.63, 3.8) is 0 Å². The highest BCUT2D eigenvalue weighted by atomic mass is 79.9. The summed E-state index contributed by atoms with van der Waals surface area (Å²) in [5, 5.41) is 2.55. The molecular weight excluding hydrogens is 463 g/mol. The number of halogens is 2. The van der Waals surface area contributed by atoms with Crippen molar-refractivity contribution in [3.8, 4) is 5.75 Å². The van der Waals surface area contributed by atoms with E-state index in [1.165, 1.54) is 6.07 Å². The number of carbonyl (C=O) groups excluding carboxylic acids is 2. The number of ether oxygens (including phenoxy) is 1. The molecular formula is C24H18BrFN2O3. The Hall–Kier alpha value is -3.45. The first-order valence-corrected chi connectivity index (χ1v) is 10.3. The molecule has 0 saturated carbocycles. The fraction of sp³-hybridized carbons (Fsp3) is 0.0833. The number of imide groups is 1. The van der Waals surface area contributed by atoms with Gasteiger partial charge in [-0.15, -0.1) is 0 Å². The number of nitrogens with zero attached hydrogens (tertiary/aromatic N) is 1. The smallest absolute Gasteiger partial charge is 0.329 e. The van der Waals surface area contributed by atoms with E-state index in [1.54, 1.807) is 42.5 Å².